The van der Waals surface area contributed by atoms with Crippen molar-refractivity contribution in [3.63, 3.8) is 0 Å². The maximum absolute atomic E-state index is 11.3. The van der Waals surface area contributed by atoms with Crippen LogP contribution >= 0.6 is 0 Å². The van der Waals surface area contributed by atoms with E-state index < -0.39 is 0 Å². The molecule has 0 aromatic carbocycles. The average Bonchev–Trinajstić information content (AvgIpc) is 1.79. The second-order valence-corrected chi connectivity index (χ2v) is 4.73. The Bertz CT molecular complexity index is 144. The summed E-state index contributed by atoms with van der Waals surface area (Å²) in [4.78, 5) is 11.3. The Morgan fingerprint density at radius 1 is 1.33 bits per heavy atom. The van der Waals surface area contributed by atoms with Gasteiger partial charge in [-0.2, -0.15) is 0 Å². The zero-order valence-electron chi connectivity index (χ0n) is 8.90. The van der Waals surface area contributed by atoms with Crippen molar-refractivity contribution >= 4 is 5.91 Å². The van der Waals surface area contributed by atoms with Gasteiger partial charge < -0.3 is 5.32 Å². The molecule has 72 valence electrons. The van der Waals surface area contributed by atoms with E-state index in [4.69, 9.17) is 0 Å². The van der Waals surface area contributed by atoms with Crippen molar-refractivity contribution in [3.05, 3.63) is 0 Å². The summed E-state index contributed by atoms with van der Waals surface area (Å²) in [5, 5.41) is 2.94. The molecule has 0 rings (SSSR count). The Morgan fingerprint density at radius 3 is 2.17 bits per heavy atom. The lowest BCUT2D eigenvalue weighted by Gasteiger charge is -2.20. The third kappa shape index (κ3) is 7.58. The lowest BCUT2D eigenvalue weighted by atomic mass is 10.1. The van der Waals surface area contributed by atoms with Crippen LogP contribution in [0.25, 0.3) is 0 Å². The van der Waals surface area contributed by atoms with Crippen molar-refractivity contribution in [2.24, 2.45) is 5.92 Å². The van der Waals surface area contributed by atoms with Gasteiger partial charge in [0.25, 0.3) is 0 Å². The molecule has 2 nitrogen and oxygen atoms in total. The summed E-state index contributed by atoms with van der Waals surface area (Å²) in [6.45, 7) is 10.3. The van der Waals surface area contributed by atoms with Crippen molar-refractivity contribution in [1.82, 2.24) is 5.32 Å². The molecule has 0 radical (unpaired) electrons. The first-order valence-corrected chi connectivity index (χ1v) is 4.62. The van der Waals surface area contributed by atoms with Gasteiger partial charge in [0, 0.05) is 12.0 Å². The lowest BCUT2D eigenvalue weighted by Crippen LogP contribution is -2.40. The monoisotopic (exact) mass is 171 g/mol. The third-order valence-corrected chi connectivity index (χ3v) is 1.46. The van der Waals surface area contributed by atoms with E-state index in [0.717, 1.165) is 6.42 Å². The molecule has 0 saturated carbocycles. The minimum atomic E-state index is -0.0892. The molecular weight excluding hydrogens is 150 g/mol. The number of carbonyl (C=O) groups excluding carboxylic acids is 1. The lowest BCUT2D eigenvalue weighted by molar-refractivity contribution is -0.122. The summed E-state index contributed by atoms with van der Waals surface area (Å²) in [7, 11) is 0. The molecule has 0 aliphatic rings. The summed E-state index contributed by atoms with van der Waals surface area (Å²) in [6, 6.07) is 0. The van der Waals surface area contributed by atoms with Gasteiger partial charge in [-0.15, -0.1) is 0 Å². The molecule has 0 aromatic heterocycles. The van der Waals surface area contributed by atoms with Crippen LogP contribution in [0.2, 0.25) is 0 Å². The standard InChI is InChI=1S/C10H21NO/c1-8(2)6-7-9(12)11-10(3,4)5/h8H,6-7H2,1-5H3,(H,11,12). The number of hydrogen-bond donors (Lipinski definition) is 1. The first kappa shape index (κ1) is 11.5. The first-order chi connectivity index (χ1) is 5.31. The molecule has 0 saturated heterocycles. The van der Waals surface area contributed by atoms with Crippen molar-refractivity contribution in [2.45, 2.75) is 53.0 Å². The Kier molecular flexibility index (Phi) is 4.29. The van der Waals surface area contributed by atoms with Gasteiger partial charge in [-0.1, -0.05) is 13.8 Å². The Balaban J connectivity index is 3.61. The van der Waals surface area contributed by atoms with Crippen molar-refractivity contribution in [2.75, 3.05) is 0 Å². The highest BCUT2D eigenvalue weighted by atomic mass is 16.1. The first-order valence-electron chi connectivity index (χ1n) is 4.62. The van der Waals surface area contributed by atoms with Crippen LogP contribution < -0.4 is 5.32 Å². The Labute approximate surface area is 75.7 Å². The van der Waals surface area contributed by atoms with Crippen molar-refractivity contribution < 1.29 is 4.79 Å². The van der Waals surface area contributed by atoms with Gasteiger partial charge in [0.1, 0.15) is 0 Å². The van der Waals surface area contributed by atoms with Gasteiger partial charge in [0.15, 0.2) is 0 Å². The molecule has 12 heavy (non-hydrogen) atoms. The molecule has 0 spiro atoms. The number of carbonyl (C=O) groups is 1. The van der Waals surface area contributed by atoms with Crippen molar-refractivity contribution in [3.8, 4) is 0 Å². The third-order valence-electron chi connectivity index (χ3n) is 1.46. The summed E-state index contributed by atoms with van der Waals surface area (Å²) in [5.41, 5.74) is -0.0892. The quantitative estimate of drug-likeness (QED) is 0.693. The van der Waals surface area contributed by atoms with E-state index in [1.54, 1.807) is 0 Å². The van der Waals surface area contributed by atoms with Crippen LogP contribution in [0.5, 0.6) is 0 Å². The molecule has 0 fully saturated rings. The van der Waals surface area contributed by atoms with E-state index in [1.807, 2.05) is 20.8 Å². The van der Waals surface area contributed by atoms with Crippen LogP contribution in [-0.2, 0) is 4.79 Å². The topological polar surface area (TPSA) is 29.1 Å². The number of hydrogen-bond acceptors (Lipinski definition) is 1. The Hall–Kier alpha value is -0.530. The molecular formula is C10H21NO. The van der Waals surface area contributed by atoms with Crippen LogP contribution in [0.3, 0.4) is 0 Å². The molecule has 0 bridgehead atoms. The highest BCUT2D eigenvalue weighted by Crippen LogP contribution is 2.05. The van der Waals surface area contributed by atoms with E-state index in [2.05, 4.69) is 19.2 Å². The fourth-order valence-electron chi connectivity index (χ4n) is 0.901. The zero-order chi connectivity index (χ0) is 9.78. The molecule has 0 unspecified atom stereocenters. The average molecular weight is 171 g/mol. The van der Waals surface area contributed by atoms with Crippen molar-refractivity contribution in [1.29, 1.82) is 0 Å². The maximum Gasteiger partial charge on any atom is 0.220 e. The second kappa shape index (κ2) is 4.48. The zero-order valence-corrected chi connectivity index (χ0v) is 8.90. The normalized spacial score (nSPS) is 11.8. The maximum atomic E-state index is 11.3. The SMILES string of the molecule is CC(C)CCC(=O)NC(C)(C)C. The van der Waals surface area contributed by atoms with Crippen LogP contribution in [0.1, 0.15) is 47.5 Å². The highest BCUT2D eigenvalue weighted by Gasteiger charge is 2.13. The fourth-order valence-corrected chi connectivity index (χ4v) is 0.901. The predicted molar refractivity (Wildman–Crippen MR) is 52.0 cm³/mol. The van der Waals surface area contributed by atoms with Crippen LogP contribution in [0, 0.1) is 5.92 Å². The summed E-state index contributed by atoms with van der Waals surface area (Å²) in [5.74, 6) is 0.770. The summed E-state index contributed by atoms with van der Waals surface area (Å²) in [6.07, 6.45) is 1.62. The molecule has 0 heterocycles. The highest BCUT2D eigenvalue weighted by molar-refractivity contribution is 5.76. The summed E-state index contributed by atoms with van der Waals surface area (Å²) >= 11 is 0. The van der Waals surface area contributed by atoms with Gasteiger partial charge in [0.05, 0.1) is 0 Å². The smallest absolute Gasteiger partial charge is 0.220 e. The minimum Gasteiger partial charge on any atom is -0.352 e. The predicted octanol–water partition coefficient (Wildman–Crippen LogP) is 2.34. The van der Waals surface area contributed by atoms with E-state index in [1.165, 1.54) is 0 Å². The van der Waals surface area contributed by atoms with Crippen LogP contribution in [0.15, 0.2) is 0 Å². The fraction of sp³-hybridized carbons (Fsp3) is 0.900. The van der Waals surface area contributed by atoms with Crippen LogP contribution in [0.4, 0.5) is 0 Å². The van der Waals surface area contributed by atoms with E-state index in [0.29, 0.717) is 12.3 Å². The molecule has 0 atom stereocenters. The minimum absolute atomic E-state index is 0.0892. The van der Waals surface area contributed by atoms with Gasteiger partial charge in [-0.25, -0.2) is 0 Å². The largest absolute Gasteiger partial charge is 0.352 e. The molecule has 0 aliphatic heterocycles. The number of amides is 1. The van der Waals surface area contributed by atoms with Gasteiger partial charge in [0.2, 0.25) is 5.91 Å². The van der Waals surface area contributed by atoms with Gasteiger partial charge in [-0.3, -0.25) is 4.79 Å². The summed E-state index contributed by atoms with van der Waals surface area (Å²) < 4.78 is 0. The molecule has 2 heteroatoms. The number of rotatable bonds is 3. The molecule has 0 aliphatic carbocycles. The second-order valence-electron chi connectivity index (χ2n) is 4.73. The van der Waals surface area contributed by atoms with Gasteiger partial charge in [-0.05, 0) is 33.1 Å². The Morgan fingerprint density at radius 2 is 1.83 bits per heavy atom. The molecule has 1 amide bonds. The van der Waals surface area contributed by atoms with E-state index in [9.17, 15) is 4.79 Å². The number of nitrogens with one attached hydrogen (secondary N) is 1. The molecule has 0 aromatic rings. The van der Waals surface area contributed by atoms with Gasteiger partial charge >= 0.3 is 0 Å². The van der Waals surface area contributed by atoms with E-state index in [-0.39, 0.29) is 11.4 Å². The molecule has 1 N–H and O–H groups in total. The van der Waals surface area contributed by atoms with E-state index >= 15 is 0 Å². The van der Waals surface area contributed by atoms with Crippen LogP contribution in [-0.4, -0.2) is 11.4 Å².